The average molecular weight is 322 g/mol. The van der Waals surface area contributed by atoms with Crippen LogP contribution in [0.25, 0.3) is 0 Å². The molecule has 2 rings (SSSR count). The molecule has 1 nitrogen and oxygen atoms in total. The second kappa shape index (κ2) is 5.17. The molecule has 16 heavy (non-hydrogen) atoms. The number of halogens is 3. The number of hydrogen-bond acceptors (Lipinski definition) is 2. The Bertz CT molecular complexity index is 480. The van der Waals surface area contributed by atoms with E-state index in [0.717, 1.165) is 9.21 Å². The van der Waals surface area contributed by atoms with Crippen molar-refractivity contribution in [1.82, 2.24) is 0 Å². The molecule has 0 aliphatic rings. The lowest BCUT2D eigenvalue weighted by atomic mass is 10.3. The van der Waals surface area contributed by atoms with Gasteiger partial charge in [-0.15, -0.1) is 11.3 Å². The third kappa shape index (κ3) is 3.20. The number of hydrogen-bond donors (Lipinski definition) is 0. The molecule has 0 N–H and O–H groups in total. The van der Waals surface area contributed by atoms with Gasteiger partial charge in [0.2, 0.25) is 0 Å². The maximum Gasteiger partial charge on any atom is 0.128 e. The Balaban J connectivity index is 2.04. The highest BCUT2D eigenvalue weighted by Crippen LogP contribution is 2.25. The molecule has 0 aliphatic heterocycles. The second-order valence-electron chi connectivity index (χ2n) is 3.10. The van der Waals surface area contributed by atoms with Gasteiger partial charge in [0.05, 0.1) is 4.34 Å². The molecular formula is C11H7BrClFOS. The molecule has 0 bridgehead atoms. The molecule has 1 aromatic carbocycles. The van der Waals surface area contributed by atoms with Crippen LogP contribution in [-0.2, 0) is 6.61 Å². The summed E-state index contributed by atoms with van der Waals surface area (Å²) in [7, 11) is 0. The van der Waals surface area contributed by atoms with Crippen molar-refractivity contribution in [3.8, 4) is 5.75 Å². The van der Waals surface area contributed by atoms with E-state index in [1.54, 1.807) is 6.07 Å². The highest BCUT2D eigenvalue weighted by Gasteiger charge is 2.02. The van der Waals surface area contributed by atoms with Crippen LogP contribution < -0.4 is 4.74 Å². The topological polar surface area (TPSA) is 9.23 Å². The van der Waals surface area contributed by atoms with Crippen molar-refractivity contribution in [1.29, 1.82) is 0 Å². The molecule has 84 valence electrons. The summed E-state index contributed by atoms with van der Waals surface area (Å²) in [5, 5.41) is 0. The molecule has 5 heteroatoms. The van der Waals surface area contributed by atoms with Crippen molar-refractivity contribution >= 4 is 38.9 Å². The highest BCUT2D eigenvalue weighted by atomic mass is 79.9. The summed E-state index contributed by atoms with van der Waals surface area (Å²) in [6.07, 6.45) is 0. The Morgan fingerprint density at radius 3 is 2.75 bits per heavy atom. The normalized spacial score (nSPS) is 10.4. The third-order valence-corrected chi connectivity index (χ3v) is 3.51. The fourth-order valence-corrected chi connectivity index (χ4v) is 2.64. The van der Waals surface area contributed by atoms with Gasteiger partial charge in [-0.05, 0) is 24.3 Å². The Morgan fingerprint density at radius 1 is 1.31 bits per heavy atom. The summed E-state index contributed by atoms with van der Waals surface area (Å²) in [5.74, 6) is 0.171. The number of benzene rings is 1. The summed E-state index contributed by atoms with van der Waals surface area (Å²) < 4.78 is 19.9. The molecule has 0 saturated heterocycles. The summed E-state index contributed by atoms with van der Waals surface area (Å²) in [4.78, 5) is 1.00. The van der Waals surface area contributed by atoms with Crippen molar-refractivity contribution in [2.75, 3.05) is 0 Å². The number of rotatable bonds is 3. The van der Waals surface area contributed by atoms with Gasteiger partial charge in [0.15, 0.2) is 0 Å². The third-order valence-electron chi connectivity index (χ3n) is 1.85. The van der Waals surface area contributed by atoms with Crippen LogP contribution in [0.5, 0.6) is 5.75 Å². The Morgan fingerprint density at radius 2 is 2.12 bits per heavy atom. The number of thiophene rings is 1. The molecule has 0 aliphatic carbocycles. The first kappa shape index (κ1) is 11.9. The molecule has 0 radical (unpaired) electrons. The van der Waals surface area contributed by atoms with Gasteiger partial charge in [-0.1, -0.05) is 27.5 Å². The molecule has 1 heterocycles. The number of ether oxygens (including phenoxy) is 1. The van der Waals surface area contributed by atoms with Crippen LogP contribution in [0.15, 0.2) is 34.8 Å². The monoisotopic (exact) mass is 320 g/mol. The molecule has 0 amide bonds. The van der Waals surface area contributed by atoms with E-state index >= 15 is 0 Å². The smallest absolute Gasteiger partial charge is 0.128 e. The van der Waals surface area contributed by atoms with Crippen LogP contribution in [0, 0.1) is 5.82 Å². The minimum atomic E-state index is -0.325. The van der Waals surface area contributed by atoms with E-state index in [2.05, 4.69) is 15.9 Å². The van der Waals surface area contributed by atoms with Crippen molar-refractivity contribution in [3.63, 3.8) is 0 Å². The van der Waals surface area contributed by atoms with Gasteiger partial charge >= 0.3 is 0 Å². The molecule has 2 aromatic rings. The standard InChI is InChI=1S/C11H7BrClFOS/c12-7-3-8(14)5-9(4-7)15-6-10-1-2-11(13)16-10/h1-5H,6H2. The van der Waals surface area contributed by atoms with Crippen LogP contribution in [0.4, 0.5) is 4.39 Å². The van der Waals surface area contributed by atoms with E-state index in [-0.39, 0.29) is 5.82 Å². The van der Waals surface area contributed by atoms with Crippen LogP contribution in [0.2, 0.25) is 4.34 Å². The lowest BCUT2D eigenvalue weighted by Gasteiger charge is -2.05. The van der Waals surface area contributed by atoms with Crippen LogP contribution >= 0.6 is 38.9 Å². The van der Waals surface area contributed by atoms with E-state index in [1.807, 2.05) is 12.1 Å². The van der Waals surface area contributed by atoms with Crippen LogP contribution in [0.3, 0.4) is 0 Å². The minimum absolute atomic E-state index is 0.325. The van der Waals surface area contributed by atoms with Crippen LogP contribution in [0.1, 0.15) is 4.88 Å². The summed E-state index contributed by atoms with van der Waals surface area (Å²) in [6.45, 7) is 0.396. The Labute approximate surface area is 110 Å². The first-order valence-corrected chi connectivity index (χ1v) is 6.45. The summed E-state index contributed by atoms with van der Waals surface area (Å²) in [5.41, 5.74) is 0. The van der Waals surface area contributed by atoms with E-state index in [1.165, 1.54) is 23.5 Å². The largest absolute Gasteiger partial charge is 0.488 e. The van der Waals surface area contributed by atoms with Crippen molar-refractivity contribution in [2.24, 2.45) is 0 Å². The maximum atomic E-state index is 13.0. The first-order chi connectivity index (χ1) is 7.63. The Hall–Kier alpha value is -0.580. The van der Waals surface area contributed by atoms with Crippen molar-refractivity contribution in [3.05, 3.63) is 49.8 Å². The predicted molar refractivity (Wildman–Crippen MR) is 67.8 cm³/mol. The van der Waals surface area contributed by atoms with Gasteiger partial charge in [-0.25, -0.2) is 4.39 Å². The van der Waals surface area contributed by atoms with E-state index in [4.69, 9.17) is 16.3 Å². The fourth-order valence-electron chi connectivity index (χ4n) is 1.20. The molecule has 0 fully saturated rings. The summed E-state index contributed by atoms with van der Waals surface area (Å²) in [6, 6.07) is 8.15. The highest BCUT2D eigenvalue weighted by molar-refractivity contribution is 9.10. The van der Waals surface area contributed by atoms with Gasteiger partial charge in [0.1, 0.15) is 18.2 Å². The van der Waals surface area contributed by atoms with Gasteiger partial charge in [0, 0.05) is 15.4 Å². The van der Waals surface area contributed by atoms with Gasteiger partial charge in [-0.3, -0.25) is 0 Å². The molecule has 0 saturated carbocycles. The molecule has 1 aromatic heterocycles. The zero-order valence-electron chi connectivity index (χ0n) is 8.04. The van der Waals surface area contributed by atoms with E-state index in [0.29, 0.717) is 16.8 Å². The van der Waals surface area contributed by atoms with E-state index < -0.39 is 0 Å². The van der Waals surface area contributed by atoms with Crippen molar-refractivity contribution < 1.29 is 9.13 Å². The quantitative estimate of drug-likeness (QED) is 0.782. The molecule has 0 unspecified atom stereocenters. The molecule has 0 spiro atoms. The zero-order valence-corrected chi connectivity index (χ0v) is 11.2. The molecular weight excluding hydrogens is 315 g/mol. The van der Waals surface area contributed by atoms with Gasteiger partial charge in [0.25, 0.3) is 0 Å². The minimum Gasteiger partial charge on any atom is -0.488 e. The van der Waals surface area contributed by atoms with Crippen LogP contribution in [-0.4, -0.2) is 0 Å². The van der Waals surface area contributed by atoms with Crippen molar-refractivity contribution in [2.45, 2.75) is 6.61 Å². The lowest BCUT2D eigenvalue weighted by Crippen LogP contribution is -1.93. The second-order valence-corrected chi connectivity index (χ2v) is 5.81. The SMILES string of the molecule is Fc1cc(Br)cc(OCc2ccc(Cl)s2)c1. The Kier molecular flexibility index (Phi) is 3.84. The van der Waals surface area contributed by atoms with E-state index in [9.17, 15) is 4.39 Å². The average Bonchev–Trinajstić information content (AvgIpc) is 2.60. The van der Waals surface area contributed by atoms with Gasteiger partial charge in [-0.2, -0.15) is 0 Å². The fraction of sp³-hybridized carbons (Fsp3) is 0.0909. The van der Waals surface area contributed by atoms with Gasteiger partial charge < -0.3 is 4.74 Å². The predicted octanol–water partition coefficient (Wildman–Crippen LogP) is 4.88. The zero-order chi connectivity index (χ0) is 11.5. The molecule has 0 atom stereocenters. The summed E-state index contributed by atoms with van der Waals surface area (Å²) >= 11 is 10.4. The first-order valence-electron chi connectivity index (χ1n) is 4.46. The maximum absolute atomic E-state index is 13.0. The lowest BCUT2D eigenvalue weighted by molar-refractivity contribution is 0.308.